The van der Waals surface area contributed by atoms with Crippen molar-refractivity contribution in [3.63, 3.8) is 0 Å². The first-order valence-electron chi connectivity index (χ1n) is 5.18. The van der Waals surface area contributed by atoms with E-state index in [9.17, 15) is 9.59 Å². The quantitative estimate of drug-likeness (QED) is 0.699. The van der Waals surface area contributed by atoms with Crippen LogP contribution in [0.15, 0.2) is 0 Å². The minimum Gasteiger partial charge on any atom is -0.481 e. The molecule has 0 aliphatic carbocycles. The van der Waals surface area contributed by atoms with Gasteiger partial charge in [-0.15, -0.1) is 0 Å². The van der Waals surface area contributed by atoms with Crippen LogP contribution >= 0.6 is 0 Å². The van der Waals surface area contributed by atoms with Crippen LogP contribution in [0.3, 0.4) is 0 Å². The largest absolute Gasteiger partial charge is 0.481 e. The molecule has 5 nitrogen and oxygen atoms in total. The van der Waals surface area contributed by atoms with Crippen LogP contribution < -0.4 is 5.32 Å². The van der Waals surface area contributed by atoms with Gasteiger partial charge in [0.25, 0.3) is 0 Å². The molecule has 0 aliphatic rings. The molecule has 2 amide bonds. The molecule has 2 N–H and O–H groups in total. The van der Waals surface area contributed by atoms with Gasteiger partial charge in [-0.2, -0.15) is 0 Å². The normalized spacial score (nSPS) is 11.9. The predicted molar refractivity (Wildman–Crippen MR) is 57.7 cm³/mol. The van der Waals surface area contributed by atoms with Gasteiger partial charge in [-0.1, -0.05) is 6.92 Å². The van der Waals surface area contributed by atoms with E-state index in [0.717, 1.165) is 0 Å². The Hall–Kier alpha value is -1.26. The molecule has 0 radical (unpaired) electrons. The van der Waals surface area contributed by atoms with Crippen molar-refractivity contribution in [2.45, 2.75) is 26.7 Å². The summed E-state index contributed by atoms with van der Waals surface area (Å²) in [5, 5.41) is 11.2. The fourth-order valence-corrected chi connectivity index (χ4v) is 1.01. The molecule has 0 aromatic carbocycles. The van der Waals surface area contributed by atoms with E-state index in [1.807, 2.05) is 13.8 Å². The molecule has 0 saturated carbocycles. The lowest BCUT2D eigenvalue weighted by Gasteiger charge is -2.17. The average Bonchev–Trinajstić information content (AvgIpc) is 2.21. The summed E-state index contributed by atoms with van der Waals surface area (Å²) in [6.07, 6.45) is 0.742. The van der Waals surface area contributed by atoms with Crippen LogP contribution in [0.1, 0.15) is 26.7 Å². The Morgan fingerprint density at radius 2 is 2.07 bits per heavy atom. The van der Waals surface area contributed by atoms with E-state index >= 15 is 0 Å². The third kappa shape index (κ3) is 6.76. The van der Waals surface area contributed by atoms with Crippen molar-refractivity contribution in [2.24, 2.45) is 5.92 Å². The van der Waals surface area contributed by atoms with Crippen molar-refractivity contribution < 1.29 is 14.7 Å². The smallest absolute Gasteiger partial charge is 0.317 e. The number of urea groups is 1. The highest BCUT2D eigenvalue weighted by Crippen LogP contribution is 2.03. The number of nitrogens with zero attached hydrogens (tertiary/aromatic N) is 1. The van der Waals surface area contributed by atoms with E-state index in [1.165, 1.54) is 0 Å². The van der Waals surface area contributed by atoms with E-state index in [0.29, 0.717) is 19.5 Å². The number of amides is 2. The number of hydrogen-bond donors (Lipinski definition) is 2. The molecule has 0 aliphatic heterocycles. The first-order valence-corrected chi connectivity index (χ1v) is 5.18. The van der Waals surface area contributed by atoms with Gasteiger partial charge in [-0.05, 0) is 19.3 Å². The number of carboxylic acids is 1. The lowest BCUT2D eigenvalue weighted by molar-refractivity contribution is -0.137. The maximum atomic E-state index is 11.3. The second kappa shape index (κ2) is 7.09. The first-order chi connectivity index (χ1) is 6.97. The van der Waals surface area contributed by atoms with Gasteiger partial charge in [0.2, 0.25) is 0 Å². The van der Waals surface area contributed by atoms with Gasteiger partial charge in [-0.25, -0.2) is 4.79 Å². The van der Waals surface area contributed by atoms with Gasteiger partial charge in [0.1, 0.15) is 0 Å². The Balaban J connectivity index is 3.66. The number of rotatable bonds is 6. The zero-order valence-electron chi connectivity index (χ0n) is 9.62. The summed E-state index contributed by atoms with van der Waals surface area (Å²) in [7, 11) is 1.72. The van der Waals surface area contributed by atoms with Crippen molar-refractivity contribution in [3.8, 4) is 0 Å². The molecule has 5 heteroatoms. The minimum absolute atomic E-state index is 0.111. The number of carbonyl (C=O) groups excluding carboxylic acids is 1. The van der Waals surface area contributed by atoms with E-state index < -0.39 is 5.97 Å². The summed E-state index contributed by atoms with van der Waals surface area (Å²) in [5.74, 6) is -0.603. The molecule has 1 unspecified atom stereocenters. The van der Waals surface area contributed by atoms with Crippen molar-refractivity contribution >= 4 is 12.0 Å². The SMILES string of the molecule is CCN(C)C(=O)NCC(C)CCC(=O)O. The lowest BCUT2D eigenvalue weighted by atomic mass is 10.1. The molecule has 0 rings (SSSR count). The average molecular weight is 216 g/mol. The zero-order chi connectivity index (χ0) is 11.8. The molecule has 0 heterocycles. The molecule has 0 spiro atoms. The number of nitrogens with one attached hydrogen (secondary N) is 1. The van der Waals surface area contributed by atoms with Gasteiger partial charge in [0, 0.05) is 26.6 Å². The minimum atomic E-state index is -0.793. The molecule has 0 bridgehead atoms. The van der Waals surface area contributed by atoms with Crippen molar-refractivity contribution in [1.82, 2.24) is 10.2 Å². The topological polar surface area (TPSA) is 69.6 Å². The third-order valence-electron chi connectivity index (χ3n) is 2.27. The Morgan fingerprint density at radius 3 is 2.53 bits per heavy atom. The molecule has 0 saturated heterocycles. The monoisotopic (exact) mass is 216 g/mol. The molecular weight excluding hydrogens is 196 g/mol. The van der Waals surface area contributed by atoms with Crippen molar-refractivity contribution in [1.29, 1.82) is 0 Å². The van der Waals surface area contributed by atoms with Crippen molar-refractivity contribution in [2.75, 3.05) is 20.1 Å². The maximum Gasteiger partial charge on any atom is 0.317 e. The summed E-state index contributed by atoms with van der Waals surface area (Å²) in [6, 6.07) is -0.111. The molecule has 15 heavy (non-hydrogen) atoms. The Morgan fingerprint density at radius 1 is 1.47 bits per heavy atom. The maximum absolute atomic E-state index is 11.3. The highest BCUT2D eigenvalue weighted by molar-refractivity contribution is 5.73. The van der Waals surface area contributed by atoms with Crippen LogP contribution in [-0.2, 0) is 4.79 Å². The van der Waals surface area contributed by atoms with Gasteiger partial charge in [-0.3, -0.25) is 4.79 Å². The Kier molecular flexibility index (Phi) is 6.49. The van der Waals surface area contributed by atoms with E-state index in [4.69, 9.17) is 5.11 Å². The van der Waals surface area contributed by atoms with Crippen LogP contribution in [0.5, 0.6) is 0 Å². The number of carbonyl (C=O) groups is 2. The van der Waals surface area contributed by atoms with Crippen molar-refractivity contribution in [3.05, 3.63) is 0 Å². The van der Waals surface area contributed by atoms with Gasteiger partial charge in [0.05, 0.1) is 0 Å². The summed E-state index contributed by atoms with van der Waals surface area (Å²) in [4.78, 5) is 23.2. The fourth-order valence-electron chi connectivity index (χ4n) is 1.01. The zero-order valence-corrected chi connectivity index (χ0v) is 9.62. The summed E-state index contributed by atoms with van der Waals surface area (Å²) >= 11 is 0. The third-order valence-corrected chi connectivity index (χ3v) is 2.27. The van der Waals surface area contributed by atoms with Gasteiger partial charge < -0.3 is 15.3 Å². The van der Waals surface area contributed by atoms with Crippen LogP contribution in [-0.4, -0.2) is 42.1 Å². The van der Waals surface area contributed by atoms with Gasteiger partial charge in [0.15, 0.2) is 0 Å². The van der Waals surface area contributed by atoms with E-state index in [1.54, 1.807) is 11.9 Å². The van der Waals surface area contributed by atoms with Gasteiger partial charge >= 0.3 is 12.0 Å². The Bertz CT molecular complexity index is 219. The lowest BCUT2D eigenvalue weighted by Crippen LogP contribution is -2.39. The van der Waals surface area contributed by atoms with Crippen LogP contribution in [0.4, 0.5) is 4.79 Å². The summed E-state index contributed by atoms with van der Waals surface area (Å²) in [6.45, 7) is 5.01. The predicted octanol–water partition coefficient (Wildman–Crippen LogP) is 1.15. The van der Waals surface area contributed by atoms with Crippen LogP contribution in [0.2, 0.25) is 0 Å². The second-order valence-electron chi connectivity index (χ2n) is 3.74. The van der Waals surface area contributed by atoms with Crippen LogP contribution in [0, 0.1) is 5.92 Å². The first kappa shape index (κ1) is 13.7. The molecule has 0 fully saturated rings. The fraction of sp³-hybridized carbons (Fsp3) is 0.800. The number of carboxylic acid groups (broad SMARTS) is 1. The summed E-state index contributed by atoms with van der Waals surface area (Å²) in [5.41, 5.74) is 0. The second-order valence-corrected chi connectivity index (χ2v) is 3.74. The standard InChI is InChI=1S/C10H20N2O3/c1-4-12(3)10(15)11-7-8(2)5-6-9(13)14/h8H,4-7H2,1-3H3,(H,11,15)(H,13,14). The Labute approximate surface area is 90.5 Å². The number of hydrogen-bond acceptors (Lipinski definition) is 2. The molecule has 88 valence electrons. The van der Waals surface area contributed by atoms with Crippen LogP contribution in [0.25, 0.3) is 0 Å². The molecule has 0 aromatic rings. The molecule has 0 aromatic heterocycles. The summed E-state index contributed by atoms with van der Waals surface area (Å²) < 4.78 is 0. The van der Waals surface area contributed by atoms with E-state index in [-0.39, 0.29) is 18.4 Å². The van der Waals surface area contributed by atoms with E-state index in [2.05, 4.69) is 5.32 Å². The highest BCUT2D eigenvalue weighted by Gasteiger charge is 2.09. The number of aliphatic carboxylic acids is 1. The highest BCUT2D eigenvalue weighted by atomic mass is 16.4. The molecular formula is C10H20N2O3. The molecule has 1 atom stereocenters.